The van der Waals surface area contributed by atoms with Gasteiger partial charge < -0.3 is 24.8 Å². The second-order valence-electron chi connectivity index (χ2n) is 7.43. The van der Waals surface area contributed by atoms with Gasteiger partial charge in [0.25, 0.3) is 0 Å². The Labute approximate surface area is 175 Å². The molecule has 1 heterocycles. The van der Waals surface area contributed by atoms with Gasteiger partial charge in [0, 0.05) is 0 Å². The maximum atomic E-state index is 2.61. The predicted octanol–water partition coefficient (Wildman–Crippen LogP) is 0.251. The Bertz CT molecular complexity index is 689. The molecular weight excluding hydrogens is 399 g/mol. The average molecular weight is 425 g/mol. The number of allylic oxidation sites excluding steroid dienone is 5. The van der Waals surface area contributed by atoms with Crippen molar-refractivity contribution >= 4 is 14.1 Å². The third-order valence-electron chi connectivity index (χ3n) is 6.00. The fourth-order valence-electron chi connectivity index (χ4n) is 4.66. The molecule has 0 N–H and O–H groups in total. The van der Waals surface area contributed by atoms with Crippen LogP contribution in [0, 0.1) is 0 Å². The van der Waals surface area contributed by atoms with E-state index in [4.69, 9.17) is 0 Å². The maximum absolute atomic E-state index is 2.61. The molecule has 25 heavy (non-hydrogen) atoms. The number of rotatable bonds is 6. The molecule has 132 valence electrons. The molecule has 1 fully saturated rings. The van der Waals surface area contributed by atoms with E-state index in [1.807, 2.05) is 3.88 Å². The quantitative estimate of drug-likeness (QED) is 0.574. The first-order valence-electron chi connectivity index (χ1n) is 9.26. The van der Waals surface area contributed by atoms with E-state index in [-0.39, 0.29) is 44.0 Å². The minimum atomic E-state index is -1.10. The van der Waals surface area contributed by atoms with Crippen LogP contribution in [0.5, 0.6) is 0 Å². The second kappa shape index (κ2) is 9.24. The van der Waals surface area contributed by atoms with Crippen LogP contribution in [0.4, 0.5) is 0 Å². The normalized spacial score (nSPS) is 21.9. The van der Waals surface area contributed by atoms with E-state index in [1.54, 1.807) is 33.1 Å². The summed E-state index contributed by atoms with van der Waals surface area (Å²) in [5.74, 6) is 0. The molecule has 1 aliphatic heterocycles. The van der Waals surface area contributed by atoms with E-state index in [2.05, 4.69) is 55.5 Å². The van der Waals surface area contributed by atoms with Crippen molar-refractivity contribution < 1.29 is 44.0 Å². The van der Waals surface area contributed by atoms with Gasteiger partial charge in [0.15, 0.2) is 0 Å². The largest absolute Gasteiger partial charge is 1.00 e. The maximum Gasteiger partial charge on any atom is -1.00 e. The van der Waals surface area contributed by atoms with Gasteiger partial charge in [0.05, 0.1) is 0 Å². The first-order valence-corrected chi connectivity index (χ1v) is 13.5. The topological polar surface area (TPSA) is 0 Å². The molecular formula is C21H26Cl2SiTi. The number of unbranched alkanes of at least 4 members (excludes halogenated alkanes) is 1. The van der Waals surface area contributed by atoms with Crippen LogP contribution in [0.15, 0.2) is 50.2 Å². The summed E-state index contributed by atoms with van der Waals surface area (Å²) in [4.78, 5) is 0. The number of halogens is 2. The summed E-state index contributed by atoms with van der Waals surface area (Å²) in [6.07, 6.45) is 15.2. The molecule has 0 amide bonds. The van der Waals surface area contributed by atoms with E-state index in [0.717, 1.165) is 5.54 Å². The second-order valence-corrected chi connectivity index (χ2v) is 14.5. The monoisotopic (exact) mass is 424 g/mol. The molecule has 1 aromatic rings. The van der Waals surface area contributed by atoms with Gasteiger partial charge in [-0.05, 0) is 0 Å². The van der Waals surface area contributed by atoms with Crippen molar-refractivity contribution in [2.45, 2.75) is 56.3 Å². The van der Waals surface area contributed by atoms with Crippen molar-refractivity contribution in [1.82, 2.24) is 0 Å². The zero-order valence-corrected chi connectivity index (χ0v) is 19.0. The van der Waals surface area contributed by atoms with Gasteiger partial charge in [0.1, 0.15) is 0 Å². The molecule has 0 bridgehead atoms. The van der Waals surface area contributed by atoms with E-state index < -0.39 is 8.07 Å². The molecule has 3 aliphatic rings. The molecule has 0 nitrogen and oxygen atoms in total. The smallest absolute Gasteiger partial charge is 1.00 e. The molecule has 0 spiro atoms. The van der Waals surface area contributed by atoms with Crippen molar-refractivity contribution in [1.29, 1.82) is 0 Å². The first kappa shape index (κ1) is 21.3. The molecule has 4 heteroatoms. The summed E-state index contributed by atoms with van der Waals surface area (Å²) >= 11 is -0.0865. The van der Waals surface area contributed by atoms with Crippen LogP contribution in [-0.4, -0.2) is 8.07 Å². The molecule has 4 rings (SSSR count). The summed E-state index contributed by atoms with van der Waals surface area (Å²) in [7, 11) is -1.10. The van der Waals surface area contributed by atoms with Crippen molar-refractivity contribution in [3.05, 3.63) is 61.4 Å². The Hall–Kier alpha value is -0.0488. The van der Waals surface area contributed by atoms with Crippen molar-refractivity contribution in [3.8, 4) is 0 Å². The van der Waals surface area contributed by atoms with Crippen LogP contribution in [0.25, 0.3) is 6.08 Å². The fourth-order valence-corrected chi connectivity index (χ4v) is 13.8. The van der Waals surface area contributed by atoms with Crippen molar-refractivity contribution in [2.75, 3.05) is 0 Å². The average Bonchev–Trinajstić information content (AvgIpc) is 3.15. The van der Waals surface area contributed by atoms with Crippen molar-refractivity contribution in [3.63, 3.8) is 0 Å². The Morgan fingerprint density at radius 3 is 2.60 bits per heavy atom. The van der Waals surface area contributed by atoms with Crippen LogP contribution in [0.3, 0.4) is 0 Å². The number of hydrogen-bond acceptors (Lipinski definition) is 0. The summed E-state index contributed by atoms with van der Waals surface area (Å²) in [5, 5.41) is 0. The minimum Gasteiger partial charge on any atom is -1.00 e. The molecule has 0 aromatic heterocycles. The molecule has 2 aliphatic carbocycles. The summed E-state index contributed by atoms with van der Waals surface area (Å²) < 4.78 is 3.62. The van der Waals surface area contributed by atoms with Crippen molar-refractivity contribution in [2.24, 2.45) is 0 Å². The standard InChI is InChI=1S/C16H21Si.C5H5.2ClH.Ti/c1-2-3-11-17(12-6-13-17)16-10-9-14-7-4-5-8-15(14)16;1-2-4-5-3-1;;;/h4-5,7-9,16H,2-3,6,11-13H2,1H3;1-3H,4H2;2*1H;/q;;;;+2/p-2. The zero-order valence-electron chi connectivity index (χ0n) is 14.9. The van der Waals surface area contributed by atoms with Gasteiger partial charge in [-0.15, -0.1) is 0 Å². The van der Waals surface area contributed by atoms with Crippen LogP contribution < -0.4 is 24.8 Å². The zero-order chi connectivity index (χ0) is 15.7. The van der Waals surface area contributed by atoms with E-state index >= 15 is 0 Å². The van der Waals surface area contributed by atoms with Crippen LogP contribution >= 0.6 is 0 Å². The third-order valence-corrected chi connectivity index (χ3v) is 14.5. The summed E-state index contributed by atoms with van der Waals surface area (Å²) in [5.41, 5.74) is 4.14. The molecule has 0 radical (unpaired) electrons. The number of fused-ring (bicyclic) bond motifs is 1. The van der Waals surface area contributed by atoms with Gasteiger partial charge in [-0.2, -0.15) is 0 Å². The van der Waals surface area contributed by atoms with E-state index in [9.17, 15) is 0 Å². The Morgan fingerprint density at radius 2 is 1.96 bits per heavy atom. The van der Waals surface area contributed by atoms with Crippen LogP contribution in [-0.2, 0) is 19.2 Å². The molecule has 0 saturated carbocycles. The fraction of sp³-hybridized carbons (Fsp3) is 0.429. The van der Waals surface area contributed by atoms with Gasteiger partial charge in [0.2, 0.25) is 0 Å². The molecule has 1 saturated heterocycles. The Balaban J connectivity index is 0.00000113. The van der Waals surface area contributed by atoms with Crippen LogP contribution in [0.2, 0.25) is 18.1 Å². The third kappa shape index (κ3) is 4.12. The Kier molecular flexibility index (Phi) is 7.86. The van der Waals surface area contributed by atoms with Gasteiger partial charge in [-0.1, -0.05) is 0 Å². The molecule has 1 atom stereocenters. The summed E-state index contributed by atoms with van der Waals surface area (Å²) in [6, 6.07) is 14.1. The van der Waals surface area contributed by atoms with Gasteiger partial charge >= 0.3 is 151 Å². The SMILES string of the molecule is CCCC[Si]1(C2[C]([Ti+2][C]3=CC=CC3)=Cc3ccccc32)CCC1.[Cl-].[Cl-]. The van der Waals surface area contributed by atoms with Crippen LogP contribution in [0.1, 0.15) is 49.3 Å². The molecule has 1 aromatic carbocycles. The van der Waals surface area contributed by atoms with E-state index in [1.165, 1.54) is 25.7 Å². The van der Waals surface area contributed by atoms with Gasteiger partial charge in [-0.3, -0.25) is 0 Å². The molecule has 1 unspecified atom stereocenters. The first-order chi connectivity index (χ1) is 11.3. The Morgan fingerprint density at radius 1 is 1.16 bits per heavy atom. The minimum absolute atomic E-state index is 0. The van der Waals surface area contributed by atoms with E-state index in [0.29, 0.717) is 0 Å². The summed E-state index contributed by atoms with van der Waals surface area (Å²) in [6.45, 7) is 2.36. The number of benzene rings is 1. The van der Waals surface area contributed by atoms with Gasteiger partial charge in [-0.25, -0.2) is 0 Å². The number of hydrogen-bond donors (Lipinski definition) is 0. The predicted molar refractivity (Wildman–Crippen MR) is 98.7 cm³/mol.